The zero-order valence-electron chi connectivity index (χ0n) is 20.0. The van der Waals surface area contributed by atoms with Crippen molar-refractivity contribution in [2.24, 2.45) is 0 Å². The molecule has 4 rings (SSSR count). The quantitative estimate of drug-likeness (QED) is 0.312. The lowest BCUT2D eigenvalue weighted by Gasteiger charge is -2.37. The number of anilines is 3. The molecule has 1 aliphatic heterocycles. The number of nitrogens with one attached hydrogen (secondary N) is 2. The van der Waals surface area contributed by atoms with Crippen molar-refractivity contribution in [2.75, 3.05) is 41.0 Å². The average Bonchev–Trinajstić information content (AvgIpc) is 2.87. The van der Waals surface area contributed by atoms with Gasteiger partial charge in [0.2, 0.25) is 15.8 Å². The Morgan fingerprint density at radius 1 is 1.05 bits per heavy atom. The molecule has 3 aromatic rings. The molecule has 2 aromatic carbocycles. The number of benzene rings is 2. The number of morpholine rings is 1. The maximum Gasteiger partial charge on any atom is 0.416 e. The topological polar surface area (TPSA) is 96.5 Å². The molecule has 8 nitrogen and oxygen atoms in total. The minimum atomic E-state index is -4.53. The molecule has 210 valence electrons. The van der Waals surface area contributed by atoms with E-state index in [2.05, 4.69) is 15.3 Å². The monoisotopic (exact) mass is 579 g/mol. The average molecular weight is 579 g/mol. The fourth-order valence-corrected chi connectivity index (χ4v) is 4.50. The lowest BCUT2D eigenvalue weighted by atomic mass is 10.0. The number of rotatable bonds is 7. The summed E-state index contributed by atoms with van der Waals surface area (Å²) >= 11 is 0. The van der Waals surface area contributed by atoms with Gasteiger partial charge >= 0.3 is 6.18 Å². The molecular weight excluding hydrogens is 559 g/mol. The van der Waals surface area contributed by atoms with Crippen LogP contribution in [-0.4, -0.2) is 44.4 Å². The number of halogens is 7. The Morgan fingerprint density at radius 3 is 2.38 bits per heavy atom. The number of hydrogen-bond acceptors (Lipinski definition) is 7. The van der Waals surface area contributed by atoms with Gasteiger partial charge in [0.1, 0.15) is 12.1 Å². The van der Waals surface area contributed by atoms with Crippen LogP contribution in [0.15, 0.2) is 36.7 Å². The third-order valence-corrected chi connectivity index (χ3v) is 6.37. The van der Waals surface area contributed by atoms with Crippen molar-refractivity contribution in [3.8, 4) is 0 Å². The second-order valence-electron chi connectivity index (χ2n) is 8.50. The summed E-state index contributed by atoms with van der Waals surface area (Å²) in [6.07, 6.45) is -2.90. The van der Waals surface area contributed by atoms with Gasteiger partial charge in [0.25, 0.3) is 0 Å². The number of sulfonamides is 1. The van der Waals surface area contributed by atoms with Gasteiger partial charge in [-0.3, -0.25) is 4.72 Å². The molecule has 2 N–H and O–H groups in total. The summed E-state index contributed by atoms with van der Waals surface area (Å²) in [5, 5.41) is 2.37. The molecular formula is C23H20F7N5O3S. The molecule has 0 radical (unpaired) electrons. The summed E-state index contributed by atoms with van der Waals surface area (Å²) in [4.78, 5) is 9.12. The van der Waals surface area contributed by atoms with E-state index >= 15 is 4.39 Å². The summed E-state index contributed by atoms with van der Waals surface area (Å²) in [6, 6.07) is 4.01. The first-order valence-electron chi connectivity index (χ1n) is 11.2. The smallest absolute Gasteiger partial charge is 0.377 e. The molecule has 16 heteroatoms. The van der Waals surface area contributed by atoms with Crippen molar-refractivity contribution in [2.45, 2.75) is 18.8 Å². The van der Waals surface area contributed by atoms with Gasteiger partial charge in [-0.2, -0.15) is 17.6 Å². The Hall–Kier alpha value is -3.66. The Bertz CT molecular complexity index is 1470. The maximum absolute atomic E-state index is 15.4. The van der Waals surface area contributed by atoms with Crippen molar-refractivity contribution in [1.82, 2.24) is 9.97 Å². The normalized spacial score (nSPS) is 16.3. The van der Waals surface area contributed by atoms with Crippen molar-refractivity contribution < 1.29 is 43.9 Å². The highest BCUT2D eigenvalue weighted by Crippen LogP contribution is 2.35. The molecule has 1 fully saturated rings. The van der Waals surface area contributed by atoms with Crippen LogP contribution in [0.5, 0.6) is 0 Å². The van der Waals surface area contributed by atoms with Crippen LogP contribution in [0.3, 0.4) is 0 Å². The summed E-state index contributed by atoms with van der Waals surface area (Å²) < 4.78 is 127. The molecule has 1 atom stereocenters. The van der Waals surface area contributed by atoms with Gasteiger partial charge < -0.3 is 15.0 Å². The van der Waals surface area contributed by atoms with Crippen LogP contribution >= 0.6 is 0 Å². The van der Waals surface area contributed by atoms with Crippen LogP contribution in [-0.2, 0) is 27.5 Å². The zero-order chi connectivity index (χ0) is 28.5. The van der Waals surface area contributed by atoms with Gasteiger partial charge in [-0.1, -0.05) is 12.1 Å². The second kappa shape index (κ2) is 10.8. The van der Waals surface area contributed by atoms with Crippen molar-refractivity contribution in [3.63, 3.8) is 0 Å². The Kier molecular flexibility index (Phi) is 7.88. The van der Waals surface area contributed by atoms with Gasteiger partial charge in [-0.05, 0) is 17.7 Å². The number of nitrogens with zero attached hydrogens (tertiary/aromatic N) is 3. The van der Waals surface area contributed by atoms with E-state index in [0.717, 1.165) is 18.5 Å². The van der Waals surface area contributed by atoms with E-state index in [4.69, 9.17) is 4.74 Å². The molecule has 0 bridgehead atoms. The summed E-state index contributed by atoms with van der Waals surface area (Å²) in [6.45, 7) is -0.483. The van der Waals surface area contributed by atoms with Crippen LogP contribution in [0, 0.1) is 23.3 Å². The van der Waals surface area contributed by atoms with Gasteiger partial charge in [-0.25, -0.2) is 31.6 Å². The van der Waals surface area contributed by atoms with Crippen LogP contribution < -0.4 is 14.9 Å². The summed E-state index contributed by atoms with van der Waals surface area (Å²) in [5.74, 6) is -6.43. The third-order valence-electron chi connectivity index (χ3n) is 5.78. The van der Waals surface area contributed by atoms with Crippen molar-refractivity contribution in [1.29, 1.82) is 0 Å². The highest BCUT2D eigenvalue weighted by Gasteiger charge is 2.33. The highest BCUT2D eigenvalue weighted by atomic mass is 32.2. The van der Waals surface area contributed by atoms with E-state index in [-0.39, 0.29) is 25.6 Å². The summed E-state index contributed by atoms with van der Waals surface area (Å²) in [5.41, 5.74) is -2.24. The minimum Gasteiger partial charge on any atom is -0.377 e. The lowest BCUT2D eigenvalue weighted by molar-refractivity contribution is -0.137. The fourth-order valence-electron chi connectivity index (χ4n) is 3.95. The van der Waals surface area contributed by atoms with Crippen LogP contribution in [0.1, 0.15) is 22.7 Å². The van der Waals surface area contributed by atoms with Crippen LogP contribution in [0.25, 0.3) is 0 Å². The van der Waals surface area contributed by atoms with E-state index in [1.165, 1.54) is 17.0 Å². The minimum absolute atomic E-state index is 0.0150. The van der Waals surface area contributed by atoms with Gasteiger partial charge in [0.05, 0.1) is 36.8 Å². The maximum atomic E-state index is 15.4. The van der Waals surface area contributed by atoms with Gasteiger partial charge in [0.15, 0.2) is 23.3 Å². The molecule has 0 spiro atoms. The standard InChI is InChI=1S/C23H20F7N5O3S/c1-39(36,37)34-16-8-15(24)14(18(25)19(16)26)9-31-21-20(27)22(33-11-32-21)35-6-7-38-10-17(35)12-2-4-13(5-3-12)23(28,29)30/h2-5,8,11,17,34H,6-7,9-10H2,1H3,(H,31,32,33)/t17-/m1/s1. The van der Waals surface area contributed by atoms with Crippen LogP contribution in [0.4, 0.5) is 48.1 Å². The first kappa shape index (κ1) is 28.4. The first-order chi connectivity index (χ1) is 18.3. The Balaban J connectivity index is 1.58. The van der Waals surface area contributed by atoms with Crippen LogP contribution in [0.2, 0.25) is 0 Å². The summed E-state index contributed by atoms with van der Waals surface area (Å²) in [7, 11) is -4.02. The number of alkyl halides is 3. The highest BCUT2D eigenvalue weighted by molar-refractivity contribution is 7.92. The Morgan fingerprint density at radius 2 is 1.74 bits per heavy atom. The number of aromatic nitrogens is 2. The SMILES string of the molecule is CS(=O)(=O)Nc1cc(F)c(CNc2ncnc(N3CCOC[C@@H]3c3ccc(C(F)(F)F)cc3)c2F)c(F)c1F. The lowest BCUT2D eigenvalue weighted by Crippen LogP contribution is -2.40. The molecule has 39 heavy (non-hydrogen) atoms. The van der Waals surface area contributed by atoms with E-state index in [9.17, 15) is 34.8 Å². The first-order valence-corrected chi connectivity index (χ1v) is 13.1. The van der Waals surface area contributed by atoms with Crippen molar-refractivity contribution >= 4 is 27.3 Å². The molecule has 0 amide bonds. The Labute approximate surface area is 217 Å². The predicted octanol–water partition coefficient (Wildman–Crippen LogP) is 4.61. The van der Waals surface area contributed by atoms with Gasteiger partial charge in [-0.15, -0.1) is 0 Å². The molecule has 0 aliphatic carbocycles. The number of ether oxygens (including phenoxy) is 1. The van der Waals surface area contributed by atoms with Gasteiger partial charge in [0, 0.05) is 24.7 Å². The van der Waals surface area contributed by atoms with E-state index in [1.807, 2.05) is 0 Å². The molecule has 0 saturated carbocycles. The number of hydrogen-bond donors (Lipinski definition) is 2. The largest absolute Gasteiger partial charge is 0.416 e. The molecule has 1 aromatic heterocycles. The fraction of sp³-hybridized carbons (Fsp3) is 0.304. The third kappa shape index (κ3) is 6.33. The van der Waals surface area contributed by atoms with E-state index in [1.54, 1.807) is 4.72 Å². The molecule has 2 heterocycles. The molecule has 1 aliphatic rings. The van der Waals surface area contributed by atoms with E-state index in [0.29, 0.717) is 17.9 Å². The molecule has 1 saturated heterocycles. The van der Waals surface area contributed by atoms with Crippen molar-refractivity contribution in [3.05, 3.63) is 76.6 Å². The predicted molar refractivity (Wildman–Crippen MR) is 126 cm³/mol. The zero-order valence-corrected chi connectivity index (χ0v) is 20.8. The van der Waals surface area contributed by atoms with E-state index < -0.39 is 74.7 Å². The second-order valence-corrected chi connectivity index (χ2v) is 10.3. The molecule has 0 unspecified atom stereocenters.